The maximum absolute atomic E-state index is 13.2. The van der Waals surface area contributed by atoms with Gasteiger partial charge in [-0.05, 0) is 35.9 Å². The molecule has 0 saturated heterocycles. The summed E-state index contributed by atoms with van der Waals surface area (Å²) in [6.07, 6.45) is -0.609. The van der Waals surface area contributed by atoms with E-state index in [2.05, 4.69) is 5.32 Å². The highest BCUT2D eigenvalue weighted by molar-refractivity contribution is 6.31. The first-order chi connectivity index (χ1) is 13.5. The smallest absolute Gasteiger partial charge is 0.124 e. The normalized spacial score (nSPS) is 12.0. The molecule has 0 radical (unpaired) electrons. The van der Waals surface area contributed by atoms with Crippen molar-refractivity contribution >= 4 is 23.2 Å². The zero-order valence-electron chi connectivity index (χ0n) is 15.0. The number of hydrogen-bond acceptors (Lipinski definition) is 3. The Bertz CT molecular complexity index is 922. The quantitative estimate of drug-likeness (QED) is 0.503. The third kappa shape index (κ3) is 5.69. The van der Waals surface area contributed by atoms with Gasteiger partial charge >= 0.3 is 0 Å². The fourth-order valence-corrected chi connectivity index (χ4v) is 3.17. The lowest BCUT2D eigenvalue weighted by Crippen LogP contribution is -2.21. The Morgan fingerprint density at radius 3 is 2.50 bits per heavy atom. The molecule has 6 heteroatoms. The molecule has 0 heterocycles. The maximum atomic E-state index is 13.2. The summed E-state index contributed by atoms with van der Waals surface area (Å²) in [7, 11) is 0. The average Bonchev–Trinajstić information content (AvgIpc) is 2.69. The fourth-order valence-electron chi connectivity index (χ4n) is 2.76. The Morgan fingerprint density at radius 1 is 0.964 bits per heavy atom. The Balaban J connectivity index is 1.62. The number of aliphatic hydroxyl groups excluding tert-OH is 1. The molecule has 0 aromatic heterocycles. The van der Waals surface area contributed by atoms with Gasteiger partial charge in [0.05, 0.1) is 11.1 Å². The highest BCUT2D eigenvalue weighted by Gasteiger charge is 2.10. The lowest BCUT2D eigenvalue weighted by molar-refractivity contribution is 0.174. The largest absolute Gasteiger partial charge is 0.489 e. The van der Waals surface area contributed by atoms with Crippen molar-refractivity contribution in [3.05, 3.63) is 99.3 Å². The molecule has 3 aromatic carbocycles. The van der Waals surface area contributed by atoms with Gasteiger partial charge in [0.1, 0.15) is 18.2 Å². The van der Waals surface area contributed by atoms with Crippen molar-refractivity contribution in [3.8, 4) is 5.75 Å². The lowest BCUT2D eigenvalue weighted by Gasteiger charge is -2.15. The SMILES string of the molecule is OC(CNCc1cc(Cl)ccc1OCc1ccc(F)cc1Cl)c1ccccc1. The van der Waals surface area contributed by atoms with Gasteiger partial charge in [-0.25, -0.2) is 4.39 Å². The zero-order valence-corrected chi connectivity index (χ0v) is 16.6. The van der Waals surface area contributed by atoms with Crippen molar-refractivity contribution in [1.29, 1.82) is 0 Å². The van der Waals surface area contributed by atoms with E-state index in [1.165, 1.54) is 12.1 Å². The van der Waals surface area contributed by atoms with Crippen LogP contribution >= 0.6 is 23.2 Å². The summed E-state index contributed by atoms with van der Waals surface area (Å²) in [4.78, 5) is 0. The van der Waals surface area contributed by atoms with Gasteiger partial charge in [-0.3, -0.25) is 0 Å². The van der Waals surface area contributed by atoms with Crippen LogP contribution < -0.4 is 10.1 Å². The minimum Gasteiger partial charge on any atom is -0.489 e. The molecule has 0 spiro atoms. The average molecular weight is 420 g/mol. The first kappa shape index (κ1) is 20.6. The van der Waals surface area contributed by atoms with E-state index in [9.17, 15) is 9.50 Å². The number of ether oxygens (including phenoxy) is 1. The molecule has 0 amide bonds. The summed E-state index contributed by atoms with van der Waals surface area (Å²) in [6.45, 7) is 1.07. The molecule has 2 N–H and O–H groups in total. The number of nitrogens with one attached hydrogen (secondary N) is 1. The molecule has 0 bridgehead atoms. The lowest BCUT2D eigenvalue weighted by atomic mass is 10.1. The Labute approximate surface area is 173 Å². The number of benzene rings is 3. The molecule has 3 nitrogen and oxygen atoms in total. The summed E-state index contributed by atoms with van der Waals surface area (Å²) in [6, 6.07) is 19.0. The summed E-state index contributed by atoms with van der Waals surface area (Å²) in [5.41, 5.74) is 2.39. The molecule has 0 aliphatic carbocycles. The summed E-state index contributed by atoms with van der Waals surface area (Å²) < 4.78 is 19.1. The second-order valence-electron chi connectivity index (χ2n) is 6.33. The topological polar surface area (TPSA) is 41.5 Å². The molecule has 0 fully saturated rings. The van der Waals surface area contributed by atoms with Gasteiger partial charge in [0, 0.05) is 29.2 Å². The first-order valence-electron chi connectivity index (χ1n) is 8.82. The third-order valence-corrected chi connectivity index (χ3v) is 4.85. The third-order valence-electron chi connectivity index (χ3n) is 4.26. The van der Waals surface area contributed by atoms with Crippen molar-refractivity contribution in [2.75, 3.05) is 6.54 Å². The molecular weight excluding hydrogens is 400 g/mol. The van der Waals surface area contributed by atoms with Crippen LogP contribution in [0.5, 0.6) is 5.75 Å². The number of halogens is 3. The van der Waals surface area contributed by atoms with Gasteiger partial charge in [-0.1, -0.05) is 59.6 Å². The van der Waals surface area contributed by atoms with E-state index in [0.29, 0.717) is 34.4 Å². The molecular formula is C22H20Cl2FNO2. The van der Waals surface area contributed by atoms with Crippen molar-refractivity contribution in [3.63, 3.8) is 0 Å². The Kier molecular flexibility index (Phi) is 7.29. The van der Waals surface area contributed by atoms with E-state index in [4.69, 9.17) is 27.9 Å². The number of hydrogen-bond donors (Lipinski definition) is 2. The molecule has 0 aliphatic heterocycles. The van der Waals surface area contributed by atoms with Crippen molar-refractivity contribution in [1.82, 2.24) is 5.32 Å². The summed E-state index contributed by atoms with van der Waals surface area (Å²) in [5, 5.41) is 14.4. The van der Waals surface area contributed by atoms with Crippen molar-refractivity contribution < 1.29 is 14.2 Å². The van der Waals surface area contributed by atoms with Gasteiger partial charge in [-0.2, -0.15) is 0 Å². The van der Waals surface area contributed by atoms with Gasteiger partial charge in [0.2, 0.25) is 0 Å². The Morgan fingerprint density at radius 2 is 1.75 bits per heavy atom. The van der Waals surface area contributed by atoms with E-state index in [0.717, 1.165) is 11.1 Å². The fraction of sp³-hybridized carbons (Fsp3) is 0.182. The van der Waals surface area contributed by atoms with Crippen molar-refractivity contribution in [2.45, 2.75) is 19.3 Å². The van der Waals surface area contributed by atoms with Crippen LogP contribution in [0.25, 0.3) is 0 Å². The highest BCUT2D eigenvalue weighted by atomic mass is 35.5. The molecule has 1 atom stereocenters. The minimum absolute atomic E-state index is 0.209. The minimum atomic E-state index is -0.609. The molecule has 1 unspecified atom stereocenters. The van der Waals surface area contributed by atoms with Crippen LogP contribution in [-0.2, 0) is 13.2 Å². The van der Waals surface area contributed by atoms with Crippen LogP contribution in [0.1, 0.15) is 22.8 Å². The van der Waals surface area contributed by atoms with Crippen LogP contribution in [0.3, 0.4) is 0 Å². The summed E-state index contributed by atoms with van der Waals surface area (Å²) >= 11 is 12.2. The molecule has 0 saturated carbocycles. The van der Waals surface area contributed by atoms with E-state index >= 15 is 0 Å². The standard InChI is InChI=1S/C22H20Cl2FNO2/c23-18-7-9-22(28-14-16-6-8-19(25)11-20(16)24)17(10-18)12-26-13-21(27)15-4-2-1-3-5-15/h1-11,21,26-27H,12-14H2. The van der Waals surface area contributed by atoms with E-state index in [1.54, 1.807) is 18.2 Å². The predicted octanol–water partition coefficient (Wildman–Crippen LogP) is 5.53. The van der Waals surface area contributed by atoms with E-state index in [1.807, 2.05) is 36.4 Å². The monoisotopic (exact) mass is 419 g/mol. The first-order valence-corrected chi connectivity index (χ1v) is 9.57. The number of aliphatic hydroxyl groups is 1. The molecule has 3 rings (SSSR count). The predicted molar refractivity (Wildman–Crippen MR) is 110 cm³/mol. The molecule has 146 valence electrons. The van der Waals surface area contributed by atoms with Gasteiger partial charge in [0.15, 0.2) is 0 Å². The van der Waals surface area contributed by atoms with Crippen LogP contribution in [-0.4, -0.2) is 11.7 Å². The molecule has 0 aliphatic rings. The molecule has 3 aromatic rings. The van der Waals surface area contributed by atoms with Gasteiger partial charge < -0.3 is 15.2 Å². The van der Waals surface area contributed by atoms with Gasteiger partial charge in [0.25, 0.3) is 0 Å². The van der Waals surface area contributed by atoms with Crippen molar-refractivity contribution in [2.24, 2.45) is 0 Å². The Hall–Kier alpha value is -2.11. The van der Waals surface area contributed by atoms with Gasteiger partial charge in [-0.15, -0.1) is 0 Å². The van der Waals surface area contributed by atoms with Crippen LogP contribution in [0.2, 0.25) is 10.0 Å². The maximum Gasteiger partial charge on any atom is 0.124 e. The van der Waals surface area contributed by atoms with E-state index < -0.39 is 6.10 Å². The zero-order chi connectivity index (χ0) is 19.9. The second-order valence-corrected chi connectivity index (χ2v) is 7.18. The van der Waals surface area contributed by atoms with E-state index in [-0.39, 0.29) is 12.4 Å². The highest BCUT2D eigenvalue weighted by Crippen LogP contribution is 2.26. The molecule has 28 heavy (non-hydrogen) atoms. The van der Waals surface area contributed by atoms with Crippen LogP contribution in [0.4, 0.5) is 4.39 Å². The van der Waals surface area contributed by atoms with Crippen LogP contribution in [0.15, 0.2) is 66.7 Å². The van der Waals surface area contributed by atoms with Crippen LogP contribution in [0, 0.1) is 5.82 Å². The number of rotatable bonds is 8. The summed E-state index contributed by atoms with van der Waals surface area (Å²) in [5.74, 6) is 0.258. The second kappa shape index (κ2) is 9.89.